The van der Waals surface area contributed by atoms with Crippen LogP contribution in [0, 0.1) is 6.92 Å². The third kappa shape index (κ3) is 3.87. The number of nitrogens with zero attached hydrogens (tertiary/aromatic N) is 6. The maximum absolute atomic E-state index is 4.96. The van der Waals surface area contributed by atoms with Crippen LogP contribution in [0.25, 0.3) is 0 Å². The normalized spacial score (nSPS) is 25.5. The Morgan fingerprint density at radius 3 is 2.54 bits per heavy atom. The van der Waals surface area contributed by atoms with Crippen molar-refractivity contribution >= 4 is 5.96 Å². The summed E-state index contributed by atoms with van der Waals surface area (Å²) in [6.07, 6.45) is 9.20. The van der Waals surface area contributed by atoms with Crippen LogP contribution in [0.3, 0.4) is 0 Å². The van der Waals surface area contributed by atoms with Crippen molar-refractivity contribution in [1.82, 2.24) is 29.9 Å². The standard InChI is InChI=1S/C19H33N7/c1-15-22-23-18(24(15)2)13-20-19(21-16-7-3-4-8-16)26-12-9-17(14-26)25-10-5-6-11-25/h16-17H,3-14H2,1-2H3,(H,20,21). The third-order valence-corrected chi connectivity index (χ3v) is 6.36. The number of aliphatic imine (C=N–C) groups is 1. The van der Waals surface area contributed by atoms with Gasteiger partial charge < -0.3 is 14.8 Å². The molecule has 2 aliphatic heterocycles. The van der Waals surface area contributed by atoms with Gasteiger partial charge in [-0.2, -0.15) is 0 Å². The Hall–Kier alpha value is -1.63. The lowest BCUT2D eigenvalue weighted by atomic mass is 10.2. The Labute approximate surface area is 156 Å². The molecule has 0 bridgehead atoms. The van der Waals surface area contributed by atoms with Crippen molar-refractivity contribution in [3.05, 3.63) is 11.6 Å². The largest absolute Gasteiger partial charge is 0.353 e. The lowest BCUT2D eigenvalue weighted by Crippen LogP contribution is -2.46. The molecular weight excluding hydrogens is 326 g/mol. The van der Waals surface area contributed by atoms with E-state index in [1.807, 2.05) is 18.5 Å². The first-order chi connectivity index (χ1) is 12.7. The Bertz CT molecular complexity index is 626. The summed E-state index contributed by atoms with van der Waals surface area (Å²) in [6.45, 7) is 7.35. The minimum Gasteiger partial charge on any atom is -0.353 e. The first-order valence-electron chi connectivity index (χ1n) is 10.4. The summed E-state index contributed by atoms with van der Waals surface area (Å²) in [5, 5.41) is 12.2. The van der Waals surface area contributed by atoms with Crippen LogP contribution in [0.2, 0.25) is 0 Å². The third-order valence-electron chi connectivity index (χ3n) is 6.36. The van der Waals surface area contributed by atoms with E-state index in [1.165, 1.54) is 58.0 Å². The Balaban J connectivity index is 1.45. The predicted molar refractivity (Wildman–Crippen MR) is 103 cm³/mol. The van der Waals surface area contributed by atoms with Crippen molar-refractivity contribution in [3.63, 3.8) is 0 Å². The summed E-state index contributed by atoms with van der Waals surface area (Å²) in [6, 6.07) is 1.28. The van der Waals surface area contributed by atoms with Gasteiger partial charge in [0.2, 0.25) is 0 Å². The van der Waals surface area contributed by atoms with E-state index in [2.05, 4.69) is 25.3 Å². The van der Waals surface area contributed by atoms with Crippen molar-refractivity contribution in [1.29, 1.82) is 0 Å². The molecule has 1 saturated carbocycles. The zero-order valence-electron chi connectivity index (χ0n) is 16.3. The number of aromatic nitrogens is 3. The molecule has 1 atom stereocenters. The van der Waals surface area contributed by atoms with Gasteiger partial charge in [-0.1, -0.05) is 12.8 Å². The molecule has 3 heterocycles. The van der Waals surface area contributed by atoms with Crippen LogP contribution in [0.1, 0.15) is 56.6 Å². The molecule has 1 unspecified atom stereocenters. The number of likely N-dealkylation sites (tertiary alicyclic amines) is 2. The van der Waals surface area contributed by atoms with Gasteiger partial charge in [-0.05, 0) is 52.1 Å². The highest BCUT2D eigenvalue weighted by Crippen LogP contribution is 2.22. The maximum atomic E-state index is 4.96. The van der Waals surface area contributed by atoms with E-state index in [0.717, 1.165) is 30.7 Å². The number of aryl methyl sites for hydroxylation is 1. The van der Waals surface area contributed by atoms with Crippen molar-refractivity contribution in [2.24, 2.45) is 12.0 Å². The van der Waals surface area contributed by atoms with Gasteiger partial charge in [-0.25, -0.2) is 4.99 Å². The monoisotopic (exact) mass is 359 g/mol. The Morgan fingerprint density at radius 1 is 1.08 bits per heavy atom. The summed E-state index contributed by atoms with van der Waals surface area (Å²) >= 11 is 0. The van der Waals surface area contributed by atoms with Gasteiger partial charge in [0.25, 0.3) is 0 Å². The molecular formula is C19H33N7. The molecule has 0 amide bonds. The highest BCUT2D eigenvalue weighted by Gasteiger charge is 2.31. The fraction of sp³-hybridized carbons (Fsp3) is 0.842. The van der Waals surface area contributed by atoms with Crippen LogP contribution in [0.4, 0.5) is 0 Å². The van der Waals surface area contributed by atoms with E-state index >= 15 is 0 Å². The molecule has 1 N–H and O–H groups in total. The lowest BCUT2D eigenvalue weighted by molar-refractivity contribution is 0.249. The Morgan fingerprint density at radius 2 is 1.85 bits per heavy atom. The van der Waals surface area contributed by atoms with Crippen LogP contribution >= 0.6 is 0 Å². The average Bonchev–Trinajstić information content (AvgIpc) is 3.43. The average molecular weight is 360 g/mol. The summed E-state index contributed by atoms with van der Waals surface area (Å²) in [4.78, 5) is 10.1. The predicted octanol–water partition coefficient (Wildman–Crippen LogP) is 1.68. The molecule has 0 spiro atoms. The molecule has 2 saturated heterocycles. The summed E-state index contributed by atoms with van der Waals surface area (Å²) in [5.74, 6) is 2.96. The van der Waals surface area contributed by atoms with E-state index in [0.29, 0.717) is 18.6 Å². The molecule has 26 heavy (non-hydrogen) atoms. The lowest BCUT2D eigenvalue weighted by Gasteiger charge is -2.27. The highest BCUT2D eigenvalue weighted by atomic mass is 15.4. The molecule has 144 valence electrons. The van der Waals surface area contributed by atoms with Crippen LogP contribution in [0.5, 0.6) is 0 Å². The zero-order valence-corrected chi connectivity index (χ0v) is 16.3. The Kier molecular flexibility index (Phi) is 5.43. The molecule has 1 aromatic rings. The van der Waals surface area contributed by atoms with E-state index in [1.54, 1.807) is 0 Å². The maximum Gasteiger partial charge on any atom is 0.194 e. The van der Waals surface area contributed by atoms with Crippen LogP contribution < -0.4 is 5.32 Å². The highest BCUT2D eigenvalue weighted by molar-refractivity contribution is 5.80. The molecule has 3 fully saturated rings. The fourth-order valence-electron chi connectivity index (χ4n) is 4.56. The van der Waals surface area contributed by atoms with Crippen LogP contribution in [-0.4, -0.2) is 68.8 Å². The van der Waals surface area contributed by atoms with Gasteiger partial charge in [-0.15, -0.1) is 10.2 Å². The van der Waals surface area contributed by atoms with Crippen molar-refractivity contribution in [3.8, 4) is 0 Å². The zero-order chi connectivity index (χ0) is 17.9. The van der Waals surface area contributed by atoms with Gasteiger partial charge in [0, 0.05) is 32.2 Å². The smallest absolute Gasteiger partial charge is 0.194 e. The molecule has 0 radical (unpaired) electrons. The molecule has 7 nitrogen and oxygen atoms in total. The number of hydrogen-bond donors (Lipinski definition) is 1. The summed E-state index contributed by atoms with van der Waals surface area (Å²) < 4.78 is 2.04. The minimum atomic E-state index is 0.584. The minimum absolute atomic E-state index is 0.584. The van der Waals surface area contributed by atoms with Gasteiger partial charge in [-0.3, -0.25) is 4.90 Å². The molecule has 3 aliphatic rings. The summed E-state index contributed by atoms with van der Waals surface area (Å²) in [7, 11) is 2.02. The van der Waals surface area contributed by atoms with Gasteiger partial charge in [0.05, 0.1) is 0 Å². The second-order valence-electron chi connectivity index (χ2n) is 8.12. The molecule has 1 aliphatic carbocycles. The van der Waals surface area contributed by atoms with Crippen LogP contribution in [-0.2, 0) is 13.6 Å². The number of guanidine groups is 1. The van der Waals surface area contributed by atoms with Crippen LogP contribution in [0.15, 0.2) is 4.99 Å². The quantitative estimate of drug-likeness (QED) is 0.655. The first kappa shape index (κ1) is 17.8. The second-order valence-corrected chi connectivity index (χ2v) is 8.12. The summed E-state index contributed by atoms with van der Waals surface area (Å²) in [5.41, 5.74) is 0. The van der Waals surface area contributed by atoms with Gasteiger partial charge >= 0.3 is 0 Å². The van der Waals surface area contributed by atoms with Gasteiger partial charge in [0.15, 0.2) is 11.8 Å². The van der Waals surface area contributed by atoms with Crippen molar-refractivity contribution in [2.75, 3.05) is 26.2 Å². The molecule has 1 aromatic heterocycles. The number of hydrogen-bond acceptors (Lipinski definition) is 4. The molecule has 4 rings (SSSR count). The number of rotatable bonds is 4. The molecule has 7 heteroatoms. The fourth-order valence-corrected chi connectivity index (χ4v) is 4.56. The topological polar surface area (TPSA) is 61.6 Å². The van der Waals surface area contributed by atoms with Crippen molar-refractivity contribution in [2.45, 2.75) is 70.5 Å². The van der Waals surface area contributed by atoms with E-state index in [4.69, 9.17) is 4.99 Å². The first-order valence-corrected chi connectivity index (χ1v) is 10.4. The number of nitrogens with one attached hydrogen (secondary N) is 1. The van der Waals surface area contributed by atoms with E-state index < -0.39 is 0 Å². The molecule has 0 aromatic carbocycles. The SMILES string of the molecule is Cc1nnc(CN=C(NC2CCCC2)N2CCC(N3CCCC3)C2)n1C. The van der Waals surface area contributed by atoms with Gasteiger partial charge in [0.1, 0.15) is 12.4 Å². The van der Waals surface area contributed by atoms with Crippen molar-refractivity contribution < 1.29 is 0 Å². The van der Waals surface area contributed by atoms with E-state index in [-0.39, 0.29) is 0 Å². The second kappa shape index (κ2) is 7.94. The van der Waals surface area contributed by atoms with E-state index in [9.17, 15) is 0 Å².